The molecule has 0 saturated heterocycles. The summed E-state index contributed by atoms with van der Waals surface area (Å²) in [4.78, 5) is 22.9. The van der Waals surface area contributed by atoms with E-state index in [0.29, 0.717) is 6.42 Å². The molecule has 0 aromatic heterocycles. The summed E-state index contributed by atoms with van der Waals surface area (Å²) in [7, 11) is -9.21. The maximum atomic E-state index is 11.5. The number of carbonyl (C=O) groups is 2. The van der Waals surface area contributed by atoms with E-state index in [1.165, 1.54) is 32.1 Å². The van der Waals surface area contributed by atoms with E-state index in [2.05, 4.69) is 11.7 Å². The molecule has 2 N–H and O–H groups in total. The molecule has 184 valence electrons. The van der Waals surface area contributed by atoms with E-state index in [1.807, 2.05) is 0 Å². The van der Waals surface area contributed by atoms with E-state index in [4.69, 9.17) is 18.6 Å². The van der Waals surface area contributed by atoms with Gasteiger partial charge in [-0.3, -0.25) is 18.7 Å². The topological polar surface area (TPSA) is 171 Å². The van der Waals surface area contributed by atoms with E-state index >= 15 is 0 Å². The molecule has 13 heteroatoms. The number of hydrogen-bond acceptors (Lipinski definition) is 9. The number of rotatable bonds is 19. The van der Waals surface area contributed by atoms with Crippen LogP contribution in [-0.2, 0) is 44.0 Å². The van der Waals surface area contributed by atoms with E-state index in [9.17, 15) is 26.4 Å². The quantitative estimate of drug-likeness (QED) is 0.118. The molecule has 0 bridgehead atoms. The molecule has 1 unspecified atom stereocenters. The summed E-state index contributed by atoms with van der Waals surface area (Å²) in [5.41, 5.74) is 0. The molecule has 0 heterocycles. The average molecular weight is 491 g/mol. The second kappa shape index (κ2) is 16.4. The van der Waals surface area contributed by atoms with Gasteiger partial charge in [0.15, 0.2) is 18.1 Å². The van der Waals surface area contributed by atoms with Crippen LogP contribution in [0, 0.1) is 0 Å². The normalized spacial score (nSPS) is 13.0. The summed E-state index contributed by atoms with van der Waals surface area (Å²) in [6.45, 7) is 1.59. The summed E-state index contributed by atoms with van der Waals surface area (Å²) in [6.07, 6.45) is 9.40. The van der Waals surface area contributed by atoms with Crippen molar-refractivity contribution in [2.45, 2.75) is 77.4 Å². The smallest absolute Gasteiger partial charge is 0.326 e. The number of hydrogen-bond donors (Lipinski definition) is 2. The fourth-order valence-corrected chi connectivity index (χ4v) is 3.35. The molecule has 0 aromatic carbocycles. The van der Waals surface area contributed by atoms with E-state index in [0.717, 1.165) is 25.7 Å². The van der Waals surface area contributed by atoms with Crippen LogP contribution in [0.4, 0.5) is 0 Å². The van der Waals surface area contributed by atoms with Crippen molar-refractivity contribution in [3.63, 3.8) is 0 Å². The predicted molar refractivity (Wildman–Crippen MR) is 111 cm³/mol. The van der Waals surface area contributed by atoms with Gasteiger partial charge < -0.3 is 14.2 Å². The lowest BCUT2D eigenvalue weighted by Gasteiger charge is -2.18. The molecule has 0 aliphatic carbocycles. The van der Waals surface area contributed by atoms with Gasteiger partial charge in [0.1, 0.15) is 0 Å². The zero-order chi connectivity index (χ0) is 23.8. The van der Waals surface area contributed by atoms with Gasteiger partial charge in [0.05, 0.1) is 6.61 Å². The highest BCUT2D eigenvalue weighted by Gasteiger charge is 2.22. The lowest BCUT2D eigenvalue weighted by Crippen LogP contribution is -2.32. The number of carbonyl (C=O) groups excluding carboxylic acids is 2. The van der Waals surface area contributed by atoms with Gasteiger partial charge in [-0.15, -0.1) is 0 Å². The first-order valence-electron chi connectivity index (χ1n) is 10.3. The highest BCUT2D eigenvalue weighted by molar-refractivity contribution is 7.86. The van der Waals surface area contributed by atoms with Crippen LogP contribution < -0.4 is 0 Å². The Balaban J connectivity index is 4.26. The van der Waals surface area contributed by atoms with Gasteiger partial charge in [-0.2, -0.15) is 16.8 Å². The largest absolute Gasteiger partial charge is 0.458 e. The standard InChI is InChI=1S/C18H34O11S2/c1-2-3-4-5-6-7-8-9-10-11-12-27-18(29-17(20)15-31(24,25)26)13-28-16(19)14-30(21,22)23/h18H,2-15H2,1H3,(H,21,22,23)(H,24,25,26). The van der Waals surface area contributed by atoms with Gasteiger partial charge in [0, 0.05) is 0 Å². The third-order valence-electron chi connectivity index (χ3n) is 4.05. The number of ether oxygens (including phenoxy) is 3. The van der Waals surface area contributed by atoms with E-state index in [-0.39, 0.29) is 6.61 Å². The van der Waals surface area contributed by atoms with Crippen molar-refractivity contribution in [1.82, 2.24) is 0 Å². The maximum absolute atomic E-state index is 11.5. The number of unbranched alkanes of at least 4 members (excludes halogenated alkanes) is 9. The average Bonchev–Trinajstić information content (AvgIpc) is 2.61. The van der Waals surface area contributed by atoms with Crippen molar-refractivity contribution >= 4 is 32.2 Å². The summed E-state index contributed by atoms with van der Waals surface area (Å²) in [5.74, 6) is -5.25. The van der Waals surface area contributed by atoms with Gasteiger partial charge >= 0.3 is 11.9 Å². The summed E-state index contributed by atoms with van der Waals surface area (Å²) in [6, 6.07) is 0. The minimum atomic E-state index is -4.62. The predicted octanol–water partition coefficient (Wildman–Crippen LogP) is 2.11. The van der Waals surface area contributed by atoms with Crippen LogP contribution >= 0.6 is 0 Å². The Morgan fingerprint density at radius 2 is 1.19 bits per heavy atom. The van der Waals surface area contributed by atoms with Gasteiger partial charge in [0.25, 0.3) is 20.2 Å². The minimum absolute atomic E-state index is 0.121. The number of esters is 2. The molecule has 31 heavy (non-hydrogen) atoms. The molecule has 0 rings (SSSR count). The van der Waals surface area contributed by atoms with Crippen molar-refractivity contribution in [3.8, 4) is 0 Å². The van der Waals surface area contributed by atoms with E-state index < -0.39 is 56.6 Å². The second-order valence-electron chi connectivity index (χ2n) is 7.11. The fraction of sp³-hybridized carbons (Fsp3) is 0.889. The molecule has 0 spiro atoms. The lowest BCUT2D eigenvalue weighted by molar-refractivity contribution is -0.191. The Morgan fingerprint density at radius 3 is 1.68 bits per heavy atom. The monoisotopic (exact) mass is 490 g/mol. The Bertz CT molecular complexity index is 717. The van der Waals surface area contributed by atoms with Crippen LogP contribution in [-0.4, -0.2) is 68.9 Å². The van der Waals surface area contributed by atoms with Crippen molar-refractivity contribution in [2.24, 2.45) is 0 Å². The molecular formula is C18H34O11S2. The van der Waals surface area contributed by atoms with Crippen LogP contribution in [0.2, 0.25) is 0 Å². The Hall–Kier alpha value is -1.28. The van der Waals surface area contributed by atoms with Crippen molar-refractivity contribution in [3.05, 3.63) is 0 Å². The molecule has 0 saturated carbocycles. The zero-order valence-corrected chi connectivity index (χ0v) is 19.5. The molecule has 1 atom stereocenters. The molecule has 11 nitrogen and oxygen atoms in total. The van der Waals surface area contributed by atoms with Gasteiger partial charge in [-0.25, -0.2) is 0 Å². The van der Waals surface area contributed by atoms with Crippen LogP contribution in [0.5, 0.6) is 0 Å². The molecule has 0 amide bonds. The van der Waals surface area contributed by atoms with Crippen LogP contribution in [0.15, 0.2) is 0 Å². The molecule has 0 fully saturated rings. The molecule has 0 radical (unpaired) electrons. The SMILES string of the molecule is CCCCCCCCCCCCOC(COC(=O)CS(=O)(=O)O)OC(=O)CS(=O)(=O)O. The highest BCUT2D eigenvalue weighted by Crippen LogP contribution is 2.11. The third kappa shape index (κ3) is 21.7. The Morgan fingerprint density at radius 1 is 0.742 bits per heavy atom. The molecule has 0 aliphatic heterocycles. The Labute approximate surface area is 184 Å². The first-order chi connectivity index (χ1) is 14.4. The molecule has 0 aliphatic rings. The highest BCUT2D eigenvalue weighted by atomic mass is 32.2. The second-order valence-corrected chi connectivity index (χ2v) is 10.0. The maximum Gasteiger partial charge on any atom is 0.326 e. The molecular weight excluding hydrogens is 456 g/mol. The van der Waals surface area contributed by atoms with Gasteiger partial charge in [-0.05, 0) is 6.42 Å². The minimum Gasteiger partial charge on any atom is -0.458 e. The van der Waals surface area contributed by atoms with Crippen molar-refractivity contribution in [2.75, 3.05) is 24.7 Å². The van der Waals surface area contributed by atoms with Crippen LogP contribution in [0.25, 0.3) is 0 Å². The van der Waals surface area contributed by atoms with Crippen LogP contribution in [0.3, 0.4) is 0 Å². The van der Waals surface area contributed by atoms with E-state index in [1.54, 1.807) is 0 Å². The zero-order valence-electron chi connectivity index (χ0n) is 17.9. The third-order valence-corrected chi connectivity index (χ3v) is 5.25. The summed E-state index contributed by atoms with van der Waals surface area (Å²) < 4.78 is 74.6. The molecule has 0 aromatic rings. The fourth-order valence-electron chi connectivity index (χ4n) is 2.60. The summed E-state index contributed by atoms with van der Waals surface area (Å²) >= 11 is 0. The Kier molecular flexibility index (Phi) is 15.7. The van der Waals surface area contributed by atoms with Gasteiger partial charge in [0.2, 0.25) is 6.29 Å². The van der Waals surface area contributed by atoms with Crippen molar-refractivity contribution < 1.29 is 49.7 Å². The van der Waals surface area contributed by atoms with Crippen molar-refractivity contribution in [1.29, 1.82) is 0 Å². The lowest BCUT2D eigenvalue weighted by atomic mass is 10.1. The summed E-state index contributed by atoms with van der Waals surface area (Å²) in [5, 5.41) is 0. The first kappa shape index (κ1) is 29.7. The van der Waals surface area contributed by atoms with Crippen LogP contribution in [0.1, 0.15) is 71.1 Å². The van der Waals surface area contributed by atoms with Gasteiger partial charge in [-0.1, -0.05) is 64.7 Å². The first-order valence-corrected chi connectivity index (χ1v) is 13.5.